The lowest BCUT2D eigenvalue weighted by molar-refractivity contribution is -0.120. The second kappa shape index (κ2) is 4.83. The van der Waals surface area contributed by atoms with Gasteiger partial charge in [0, 0.05) is 36.8 Å². The van der Waals surface area contributed by atoms with Crippen molar-refractivity contribution in [1.82, 2.24) is 9.88 Å². The van der Waals surface area contributed by atoms with Gasteiger partial charge in [0.1, 0.15) is 5.82 Å². The molecule has 22 heavy (non-hydrogen) atoms. The number of carbonyl (C=O) groups is 1. The fourth-order valence-electron chi connectivity index (χ4n) is 3.04. The number of piperazine rings is 1. The smallest absolute Gasteiger partial charge is 0.239 e. The SMILES string of the molecule is O=C1CN(c2cc3c(cc2F)c(=O)ccn3C2CC2)CCN1. The average Bonchev–Trinajstić information content (AvgIpc) is 3.32. The van der Waals surface area contributed by atoms with Gasteiger partial charge >= 0.3 is 0 Å². The molecule has 1 aromatic carbocycles. The largest absolute Gasteiger partial charge is 0.358 e. The van der Waals surface area contributed by atoms with E-state index in [1.165, 1.54) is 12.1 Å². The number of fused-ring (bicyclic) bond motifs is 1. The van der Waals surface area contributed by atoms with Crippen LogP contribution in [0.5, 0.6) is 0 Å². The summed E-state index contributed by atoms with van der Waals surface area (Å²) in [6, 6.07) is 4.90. The van der Waals surface area contributed by atoms with Gasteiger partial charge in [-0.05, 0) is 25.0 Å². The monoisotopic (exact) mass is 301 g/mol. The first-order valence-corrected chi connectivity index (χ1v) is 7.49. The van der Waals surface area contributed by atoms with Crippen LogP contribution in [0.2, 0.25) is 0 Å². The van der Waals surface area contributed by atoms with Gasteiger partial charge in [0.05, 0.1) is 17.7 Å². The van der Waals surface area contributed by atoms with Crippen LogP contribution < -0.4 is 15.6 Å². The minimum absolute atomic E-state index is 0.113. The first-order chi connectivity index (χ1) is 10.6. The standard InChI is InChI=1S/C16H16FN3O2/c17-12-7-11-13(20(10-1-2-10)5-3-15(11)21)8-14(12)19-6-4-18-16(22)9-19/h3,5,7-8,10H,1-2,4,6,9H2,(H,18,22). The van der Waals surface area contributed by atoms with Gasteiger partial charge in [-0.2, -0.15) is 0 Å². The third-order valence-corrected chi connectivity index (χ3v) is 4.31. The molecule has 2 aromatic rings. The molecule has 1 aliphatic heterocycles. The maximum atomic E-state index is 14.4. The molecule has 2 heterocycles. The van der Waals surface area contributed by atoms with Crippen molar-refractivity contribution in [2.75, 3.05) is 24.5 Å². The maximum absolute atomic E-state index is 14.4. The van der Waals surface area contributed by atoms with Crippen molar-refractivity contribution >= 4 is 22.5 Å². The summed E-state index contributed by atoms with van der Waals surface area (Å²) in [6.07, 6.45) is 3.94. The van der Waals surface area contributed by atoms with Crippen LogP contribution in [0.4, 0.5) is 10.1 Å². The fraction of sp³-hybridized carbons (Fsp3) is 0.375. The van der Waals surface area contributed by atoms with E-state index in [4.69, 9.17) is 0 Å². The van der Waals surface area contributed by atoms with E-state index in [9.17, 15) is 14.0 Å². The number of rotatable bonds is 2. The van der Waals surface area contributed by atoms with Crippen LogP contribution in [0.3, 0.4) is 0 Å². The number of nitrogens with one attached hydrogen (secondary N) is 1. The predicted octanol–water partition coefficient (Wildman–Crippen LogP) is 1.41. The van der Waals surface area contributed by atoms with E-state index in [2.05, 4.69) is 5.32 Å². The number of pyridine rings is 1. The minimum Gasteiger partial charge on any atom is -0.358 e. The predicted molar refractivity (Wildman–Crippen MR) is 81.7 cm³/mol. The van der Waals surface area contributed by atoms with Crippen LogP contribution in [0.15, 0.2) is 29.2 Å². The first kappa shape index (κ1) is 13.3. The molecule has 0 atom stereocenters. The summed E-state index contributed by atoms with van der Waals surface area (Å²) in [6.45, 7) is 1.21. The van der Waals surface area contributed by atoms with E-state index in [0.717, 1.165) is 18.4 Å². The van der Waals surface area contributed by atoms with Crippen molar-refractivity contribution in [3.8, 4) is 0 Å². The molecule has 2 fully saturated rings. The average molecular weight is 301 g/mol. The van der Waals surface area contributed by atoms with E-state index < -0.39 is 5.82 Å². The summed E-state index contributed by atoms with van der Waals surface area (Å²) >= 11 is 0. The second-order valence-corrected chi connectivity index (χ2v) is 5.91. The molecular formula is C16H16FN3O2. The summed E-state index contributed by atoms with van der Waals surface area (Å²) in [7, 11) is 0. The summed E-state index contributed by atoms with van der Waals surface area (Å²) in [5.74, 6) is -0.564. The molecule has 0 spiro atoms. The summed E-state index contributed by atoms with van der Waals surface area (Å²) in [5, 5.41) is 3.13. The highest BCUT2D eigenvalue weighted by Crippen LogP contribution is 2.37. The molecule has 1 aliphatic carbocycles. The summed E-state index contributed by atoms with van der Waals surface area (Å²) < 4.78 is 16.5. The van der Waals surface area contributed by atoms with Crippen LogP contribution >= 0.6 is 0 Å². The Kier molecular flexibility index (Phi) is 2.92. The molecule has 0 unspecified atom stereocenters. The van der Waals surface area contributed by atoms with Crippen molar-refractivity contribution in [1.29, 1.82) is 0 Å². The molecular weight excluding hydrogens is 285 g/mol. The van der Waals surface area contributed by atoms with Gasteiger partial charge in [-0.3, -0.25) is 9.59 Å². The quantitative estimate of drug-likeness (QED) is 0.912. The van der Waals surface area contributed by atoms with Crippen molar-refractivity contribution < 1.29 is 9.18 Å². The van der Waals surface area contributed by atoms with Crippen LogP contribution in [-0.2, 0) is 4.79 Å². The Hall–Kier alpha value is -2.37. The molecule has 2 aliphatic rings. The third-order valence-electron chi connectivity index (χ3n) is 4.31. The van der Waals surface area contributed by atoms with E-state index >= 15 is 0 Å². The number of hydrogen-bond donors (Lipinski definition) is 1. The van der Waals surface area contributed by atoms with E-state index in [0.29, 0.717) is 30.2 Å². The Labute approximate surface area is 126 Å². The van der Waals surface area contributed by atoms with Gasteiger partial charge in [-0.1, -0.05) is 0 Å². The van der Waals surface area contributed by atoms with Crippen LogP contribution in [0.1, 0.15) is 18.9 Å². The molecule has 5 nitrogen and oxygen atoms in total. The number of hydrogen-bond acceptors (Lipinski definition) is 3. The third kappa shape index (κ3) is 2.15. The Bertz CT molecular complexity index is 826. The van der Waals surface area contributed by atoms with Crippen LogP contribution in [0, 0.1) is 5.82 Å². The Morgan fingerprint density at radius 2 is 2.05 bits per heavy atom. The molecule has 0 bridgehead atoms. The lowest BCUT2D eigenvalue weighted by Crippen LogP contribution is -2.48. The number of nitrogens with zero attached hydrogens (tertiary/aromatic N) is 2. The number of benzene rings is 1. The molecule has 6 heteroatoms. The van der Waals surface area contributed by atoms with Crippen molar-refractivity contribution in [3.05, 3.63) is 40.4 Å². The Balaban J connectivity index is 1.88. The zero-order chi connectivity index (χ0) is 15.3. The van der Waals surface area contributed by atoms with Gasteiger partial charge in [-0.25, -0.2) is 4.39 Å². The summed E-state index contributed by atoms with van der Waals surface area (Å²) in [5.41, 5.74) is 0.966. The topological polar surface area (TPSA) is 54.3 Å². The number of halogens is 1. The molecule has 1 N–H and O–H groups in total. The van der Waals surface area contributed by atoms with Gasteiger partial charge in [0.15, 0.2) is 5.43 Å². The highest BCUT2D eigenvalue weighted by Gasteiger charge is 2.26. The first-order valence-electron chi connectivity index (χ1n) is 7.49. The van der Waals surface area contributed by atoms with Crippen molar-refractivity contribution in [2.24, 2.45) is 0 Å². The van der Waals surface area contributed by atoms with Crippen LogP contribution in [0.25, 0.3) is 10.9 Å². The maximum Gasteiger partial charge on any atom is 0.239 e. The number of amides is 1. The molecule has 1 saturated carbocycles. The number of carbonyl (C=O) groups excluding carboxylic acids is 1. The minimum atomic E-state index is -0.451. The molecule has 0 radical (unpaired) electrons. The lowest BCUT2D eigenvalue weighted by atomic mass is 10.1. The normalized spacial score (nSPS) is 18.6. The van der Waals surface area contributed by atoms with Crippen LogP contribution in [-0.4, -0.2) is 30.1 Å². The van der Waals surface area contributed by atoms with Gasteiger partial charge in [0.2, 0.25) is 5.91 Å². The lowest BCUT2D eigenvalue weighted by Gasteiger charge is -2.29. The van der Waals surface area contributed by atoms with Gasteiger partial charge in [0.25, 0.3) is 0 Å². The number of aromatic nitrogens is 1. The number of anilines is 1. The molecule has 1 aromatic heterocycles. The highest BCUT2D eigenvalue weighted by atomic mass is 19.1. The fourth-order valence-corrected chi connectivity index (χ4v) is 3.04. The van der Waals surface area contributed by atoms with E-state index in [1.54, 1.807) is 17.2 Å². The molecule has 1 amide bonds. The Morgan fingerprint density at radius 1 is 1.23 bits per heavy atom. The molecule has 114 valence electrons. The van der Waals surface area contributed by atoms with Crippen molar-refractivity contribution in [2.45, 2.75) is 18.9 Å². The highest BCUT2D eigenvalue weighted by molar-refractivity contribution is 5.86. The Morgan fingerprint density at radius 3 is 2.77 bits per heavy atom. The van der Waals surface area contributed by atoms with Crippen molar-refractivity contribution in [3.63, 3.8) is 0 Å². The molecule has 1 saturated heterocycles. The zero-order valence-electron chi connectivity index (χ0n) is 12.0. The summed E-state index contributed by atoms with van der Waals surface area (Å²) in [4.78, 5) is 25.3. The van der Waals surface area contributed by atoms with E-state index in [1.807, 2.05) is 4.57 Å². The zero-order valence-corrected chi connectivity index (χ0v) is 12.0. The second-order valence-electron chi connectivity index (χ2n) is 5.91. The molecule has 4 rings (SSSR count). The van der Waals surface area contributed by atoms with Gasteiger partial charge < -0.3 is 14.8 Å². The van der Waals surface area contributed by atoms with E-state index in [-0.39, 0.29) is 17.9 Å². The van der Waals surface area contributed by atoms with Gasteiger partial charge in [-0.15, -0.1) is 0 Å².